The van der Waals surface area contributed by atoms with Crippen molar-refractivity contribution in [1.29, 1.82) is 0 Å². The van der Waals surface area contributed by atoms with E-state index >= 15 is 0 Å². The van der Waals surface area contributed by atoms with Gasteiger partial charge in [-0.2, -0.15) is 0 Å². The van der Waals surface area contributed by atoms with Crippen LogP contribution in [0.15, 0.2) is 0 Å². The molecule has 0 aromatic carbocycles. The molecule has 4 bridgehead atoms. The Labute approximate surface area is 228 Å². The van der Waals surface area contributed by atoms with E-state index in [9.17, 15) is 14.4 Å². The maximum atomic E-state index is 13.2. The third-order valence-corrected chi connectivity index (χ3v) is 10.1. The predicted molar refractivity (Wildman–Crippen MR) is 154 cm³/mol. The van der Waals surface area contributed by atoms with Gasteiger partial charge in [0, 0.05) is 38.5 Å². The van der Waals surface area contributed by atoms with Gasteiger partial charge in [-0.3, -0.25) is 14.4 Å². The van der Waals surface area contributed by atoms with E-state index in [1.165, 1.54) is 38.5 Å². The molecule has 212 valence electrons. The second-order valence-corrected chi connectivity index (χ2v) is 14.1. The predicted octanol–water partition coefficient (Wildman–Crippen LogP) is 9.73. The van der Waals surface area contributed by atoms with E-state index in [-0.39, 0.29) is 16.2 Å². The van der Waals surface area contributed by atoms with Gasteiger partial charge in [-0.15, -0.1) is 0 Å². The quantitative estimate of drug-likeness (QED) is 0.143. The molecular formula is C34H58O3. The Bertz CT molecular complexity index is 644. The molecule has 4 aliphatic carbocycles. The topological polar surface area (TPSA) is 51.2 Å². The highest BCUT2D eigenvalue weighted by molar-refractivity contribution is 5.81. The number of Topliss-reactive ketones (excluding diaryl/α,β-unsaturated/α-hetero) is 3. The van der Waals surface area contributed by atoms with Crippen molar-refractivity contribution in [3.63, 3.8) is 0 Å². The molecule has 37 heavy (non-hydrogen) atoms. The van der Waals surface area contributed by atoms with Gasteiger partial charge in [0.1, 0.15) is 17.3 Å². The van der Waals surface area contributed by atoms with Crippen LogP contribution in [0, 0.1) is 22.2 Å². The number of hydrogen-bond donors (Lipinski definition) is 0. The van der Waals surface area contributed by atoms with Crippen molar-refractivity contribution < 1.29 is 14.4 Å². The molecule has 3 heteroatoms. The Morgan fingerprint density at radius 1 is 0.486 bits per heavy atom. The van der Waals surface area contributed by atoms with Crippen molar-refractivity contribution >= 4 is 17.3 Å². The third-order valence-electron chi connectivity index (χ3n) is 10.1. The van der Waals surface area contributed by atoms with E-state index in [1.54, 1.807) is 0 Å². The average Bonchev–Trinajstić information content (AvgIpc) is 2.80. The van der Waals surface area contributed by atoms with Gasteiger partial charge in [0.05, 0.1) is 0 Å². The molecule has 0 spiro atoms. The summed E-state index contributed by atoms with van der Waals surface area (Å²) in [5.41, 5.74) is 0.144. The van der Waals surface area contributed by atoms with Gasteiger partial charge in [-0.25, -0.2) is 0 Å². The first-order valence-electron chi connectivity index (χ1n) is 16.3. The number of carbonyl (C=O) groups excluding carboxylic acids is 3. The average molecular weight is 515 g/mol. The van der Waals surface area contributed by atoms with Crippen LogP contribution in [-0.4, -0.2) is 17.3 Å². The number of hydrogen-bond acceptors (Lipinski definition) is 3. The number of unbranched alkanes of at least 4 members (excludes halogenated alkanes) is 9. The number of carbonyl (C=O) groups is 3. The van der Waals surface area contributed by atoms with E-state index in [4.69, 9.17) is 0 Å². The van der Waals surface area contributed by atoms with E-state index in [2.05, 4.69) is 20.8 Å². The van der Waals surface area contributed by atoms with Crippen LogP contribution in [-0.2, 0) is 14.4 Å². The summed E-state index contributed by atoms with van der Waals surface area (Å²) in [6, 6.07) is 0. The molecule has 0 unspecified atom stereocenters. The molecule has 4 aliphatic rings. The molecule has 0 aromatic heterocycles. The SMILES string of the molecule is CCCCCCC(=O)CC12CC3CC(CC(=O)CCCCCC)(C1)CC(CC(=O)CCCCCC)(C3)C2. The third kappa shape index (κ3) is 9.03. The number of rotatable bonds is 21. The summed E-state index contributed by atoms with van der Waals surface area (Å²) in [7, 11) is 0. The second-order valence-electron chi connectivity index (χ2n) is 14.1. The molecular weight excluding hydrogens is 456 g/mol. The summed E-state index contributed by atoms with van der Waals surface area (Å²) in [5, 5.41) is 0. The summed E-state index contributed by atoms with van der Waals surface area (Å²) < 4.78 is 0. The highest BCUT2D eigenvalue weighted by atomic mass is 16.1. The summed E-state index contributed by atoms with van der Waals surface area (Å²) in [4.78, 5) is 39.6. The van der Waals surface area contributed by atoms with Crippen LogP contribution in [0.25, 0.3) is 0 Å². The van der Waals surface area contributed by atoms with E-state index < -0.39 is 0 Å². The van der Waals surface area contributed by atoms with Crippen molar-refractivity contribution in [2.75, 3.05) is 0 Å². The molecule has 0 N–H and O–H groups in total. The molecule has 4 rings (SSSR count). The van der Waals surface area contributed by atoms with Crippen LogP contribution in [0.2, 0.25) is 0 Å². The molecule has 0 aromatic rings. The lowest BCUT2D eigenvalue weighted by Crippen LogP contribution is -2.58. The molecule has 0 aliphatic heterocycles. The standard InChI is InChI=1S/C34H58O3/c1-4-7-10-13-16-29(35)22-32-19-28-20-33(25-32,23-30(36)17-14-11-8-5-2)27-34(21-28,26-32)24-31(37)18-15-12-9-6-3/h28H,4-27H2,1-3H3. The zero-order valence-electron chi connectivity index (χ0n) is 24.8. The lowest BCUT2D eigenvalue weighted by Gasteiger charge is -2.67. The lowest BCUT2D eigenvalue weighted by molar-refractivity contribution is -0.174. The fourth-order valence-corrected chi connectivity index (χ4v) is 9.42. The highest BCUT2D eigenvalue weighted by Crippen LogP contribution is 2.72. The first kappa shape index (κ1) is 30.6. The maximum Gasteiger partial charge on any atom is 0.133 e. The van der Waals surface area contributed by atoms with Gasteiger partial charge in [0.2, 0.25) is 0 Å². The normalized spacial score (nSPS) is 30.1. The minimum Gasteiger partial charge on any atom is -0.300 e. The molecule has 0 saturated heterocycles. The molecule has 4 fully saturated rings. The summed E-state index contributed by atoms with van der Waals surface area (Å²) in [6.07, 6.45) is 24.7. The van der Waals surface area contributed by atoms with Crippen molar-refractivity contribution in [1.82, 2.24) is 0 Å². The molecule has 0 heterocycles. The lowest BCUT2D eigenvalue weighted by atomic mass is 9.37. The largest absolute Gasteiger partial charge is 0.300 e. The van der Waals surface area contributed by atoms with Gasteiger partial charge in [0.25, 0.3) is 0 Å². The van der Waals surface area contributed by atoms with E-state index in [0.717, 1.165) is 96.3 Å². The van der Waals surface area contributed by atoms with Gasteiger partial charge >= 0.3 is 0 Å². The smallest absolute Gasteiger partial charge is 0.133 e. The fourth-order valence-electron chi connectivity index (χ4n) is 9.42. The molecule has 3 nitrogen and oxygen atoms in total. The Hall–Kier alpha value is -0.990. The zero-order valence-corrected chi connectivity index (χ0v) is 24.8. The Morgan fingerprint density at radius 3 is 1.05 bits per heavy atom. The van der Waals surface area contributed by atoms with Crippen molar-refractivity contribution in [3.05, 3.63) is 0 Å². The van der Waals surface area contributed by atoms with Gasteiger partial charge in [-0.1, -0.05) is 78.6 Å². The molecule has 4 saturated carbocycles. The minimum atomic E-state index is 0.0479. The monoisotopic (exact) mass is 514 g/mol. The van der Waals surface area contributed by atoms with Crippen LogP contribution in [0.5, 0.6) is 0 Å². The van der Waals surface area contributed by atoms with Gasteiger partial charge in [0.15, 0.2) is 0 Å². The highest BCUT2D eigenvalue weighted by Gasteiger charge is 2.63. The van der Waals surface area contributed by atoms with Crippen LogP contribution in [0.4, 0.5) is 0 Å². The minimum absolute atomic E-state index is 0.0479. The van der Waals surface area contributed by atoms with Crippen molar-refractivity contribution in [2.45, 2.75) is 175 Å². The first-order valence-corrected chi connectivity index (χ1v) is 16.3. The Morgan fingerprint density at radius 2 is 0.784 bits per heavy atom. The Kier molecular flexibility index (Phi) is 11.9. The summed E-state index contributed by atoms with van der Waals surface area (Å²) >= 11 is 0. The molecule has 0 amide bonds. The fraction of sp³-hybridized carbons (Fsp3) is 0.912. The second kappa shape index (κ2) is 14.4. The van der Waals surface area contributed by atoms with Crippen LogP contribution < -0.4 is 0 Å². The Balaban J connectivity index is 1.71. The molecule has 0 atom stereocenters. The van der Waals surface area contributed by atoms with Crippen LogP contribution in [0.1, 0.15) is 175 Å². The van der Waals surface area contributed by atoms with Crippen molar-refractivity contribution in [2.24, 2.45) is 22.2 Å². The zero-order chi connectivity index (χ0) is 26.8. The summed E-state index contributed by atoms with van der Waals surface area (Å²) in [5.74, 6) is 1.94. The number of ketones is 3. The van der Waals surface area contributed by atoms with E-state index in [1.807, 2.05) is 0 Å². The van der Waals surface area contributed by atoms with Gasteiger partial charge < -0.3 is 0 Å². The van der Waals surface area contributed by atoms with Crippen molar-refractivity contribution in [3.8, 4) is 0 Å². The van der Waals surface area contributed by atoms with Gasteiger partial charge in [-0.05, 0) is 80.0 Å². The molecule has 0 radical (unpaired) electrons. The maximum absolute atomic E-state index is 13.2. The van der Waals surface area contributed by atoms with Crippen LogP contribution in [0.3, 0.4) is 0 Å². The summed E-state index contributed by atoms with van der Waals surface area (Å²) in [6.45, 7) is 6.64. The first-order chi connectivity index (χ1) is 17.8. The van der Waals surface area contributed by atoms with E-state index in [0.29, 0.717) is 42.5 Å². The van der Waals surface area contributed by atoms with Crippen LogP contribution >= 0.6 is 0 Å².